The van der Waals surface area contributed by atoms with E-state index >= 15 is 0 Å². The van der Waals surface area contributed by atoms with Crippen molar-refractivity contribution in [3.8, 4) is 5.75 Å². The topological polar surface area (TPSA) is 49.9 Å². The van der Waals surface area contributed by atoms with Crippen LogP contribution < -0.4 is 10.1 Å². The Kier molecular flexibility index (Phi) is 3.29. The van der Waals surface area contributed by atoms with E-state index in [1.54, 1.807) is 7.11 Å². The quantitative estimate of drug-likeness (QED) is 0.760. The number of para-hydroxylation sites is 2. The number of aromatic nitrogens is 2. The van der Waals surface area contributed by atoms with E-state index in [2.05, 4.69) is 34.3 Å². The zero-order valence-electron chi connectivity index (χ0n) is 11.6. The number of anilines is 1. The maximum Gasteiger partial charge on any atom is 0.201 e. The Labute approximate surface area is 117 Å². The van der Waals surface area contributed by atoms with Crippen LogP contribution in [0, 0.1) is 6.92 Å². The van der Waals surface area contributed by atoms with Crippen LogP contribution in [0.3, 0.4) is 0 Å². The monoisotopic (exact) mass is 267 g/mol. The van der Waals surface area contributed by atoms with Crippen molar-refractivity contribution in [2.75, 3.05) is 12.4 Å². The fourth-order valence-electron chi connectivity index (χ4n) is 2.21. The standard InChI is InChI=1S/C16H17N3O/c1-11-7-8-12(15(9-11)20-2)10-17-16-18-13-5-3-4-6-14(13)19-16/h3-9H,10H2,1-2H3,(H2,17,18,19). The summed E-state index contributed by atoms with van der Waals surface area (Å²) in [6, 6.07) is 14.2. The normalized spacial score (nSPS) is 10.7. The second-order valence-electron chi connectivity index (χ2n) is 4.77. The molecular weight excluding hydrogens is 250 g/mol. The van der Waals surface area contributed by atoms with Crippen LogP contribution in [0.25, 0.3) is 11.0 Å². The summed E-state index contributed by atoms with van der Waals surface area (Å²) >= 11 is 0. The minimum Gasteiger partial charge on any atom is -0.496 e. The molecule has 3 aromatic rings. The van der Waals surface area contributed by atoms with Gasteiger partial charge in [-0.15, -0.1) is 0 Å². The predicted octanol–water partition coefficient (Wildman–Crippen LogP) is 3.49. The molecule has 0 saturated heterocycles. The highest BCUT2D eigenvalue weighted by molar-refractivity contribution is 5.77. The smallest absolute Gasteiger partial charge is 0.201 e. The summed E-state index contributed by atoms with van der Waals surface area (Å²) in [6.45, 7) is 2.72. The SMILES string of the molecule is COc1cc(C)ccc1CNc1nc2ccccc2[nH]1. The van der Waals surface area contributed by atoms with E-state index in [9.17, 15) is 0 Å². The van der Waals surface area contributed by atoms with Crippen LogP contribution in [-0.2, 0) is 6.54 Å². The number of nitrogens with one attached hydrogen (secondary N) is 2. The van der Waals surface area contributed by atoms with Gasteiger partial charge in [-0.05, 0) is 30.7 Å². The molecule has 0 fully saturated rings. The van der Waals surface area contributed by atoms with Crippen LogP contribution >= 0.6 is 0 Å². The summed E-state index contributed by atoms with van der Waals surface area (Å²) < 4.78 is 5.40. The van der Waals surface area contributed by atoms with Crippen molar-refractivity contribution in [2.24, 2.45) is 0 Å². The lowest BCUT2D eigenvalue weighted by molar-refractivity contribution is 0.410. The molecule has 3 rings (SSSR count). The lowest BCUT2D eigenvalue weighted by Crippen LogP contribution is -2.03. The Morgan fingerprint density at radius 3 is 2.85 bits per heavy atom. The molecule has 0 aliphatic heterocycles. The maximum absolute atomic E-state index is 5.40. The second-order valence-corrected chi connectivity index (χ2v) is 4.77. The van der Waals surface area contributed by atoms with Gasteiger partial charge in [0.15, 0.2) is 0 Å². The van der Waals surface area contributed by atoms with Crippen molar-refractivity contribution in [1.29, 1.82) is 0 Å². The molecule has 4 nitrogen and oxygen atoms in total. The van der Waals surface area contributed by atoms with E-state index in [1.165, 1.54) is 5.56 Å². The number of ether oxygens (including phenoxy) is 1. The molecule has 1 heterocycles. The van der Waals surface area contributed by atoms with Gasteiger partial charge in [0, 0.05) is 12.1 Å². The van der Waals surface area contributed by atoms with Gasteiger partial charge in [0.2, 0.25) is 5.95 Å². The van der Waals surface area contributed by atoms with Gasteiger partial charge in [0.05, 0.1) is 18.1 Å². The number of fused-ring (bicyclic) bond motifs is 1. The Bertz CT molecular complexity index is 700. The van der Waals surface area contributed by atoms with E-state index in [-0.39, 0.29) is 0 Å². The number of aromatic amines is 1. The summed E-state index contributed by atoms with van der Waals surface area (Å²) in [7, 11) is 1.69. The highest BCUT2D eigenvalue weighted by Crippen LogP contribution is 2.21. The molecule has 0 aliphatic rings. The van der Waals surface area contributed by atoms with Gasteiger partial charge < -0.3 is 15.0 Å². The predicted molar refractivity (Wildman–Crippen MR) is 81.2 cm³/mol. The van der Waals surface area contributed by atoms with Gasteiger partial charge >= 0.3 is 0 Å². The van der Waals surface area contributed by atoms with Crippen molar-refractivity contribution in [2.45, 2.75) is 13.5 Å². The van der Waals surface area contributed by atoms with Crippen LogP contribution in [0.15, 0.2) is 42.5 Å². The zero-order valence-corrected chi connectivity index (χ0v) is 11.6. The third kappa shape index (κ3) is 2.45. The molecule has 102 valence electrons. The molecule has 0 atom stereocenters. The van der Waals surface area contributed by atoms with Gasteiger partial charge in [-0.2, -0.15) is 0 Å². The van der Waals surface area contributed by atoms with Crippen molar-refractivity contribution >= 4 is 17.0 Å². The van der Waals surface area contributed by atoms with E-state index in [0.717, 1.165) is 28.3 Å². The number of aryl methyl sites for hydroxylation is 1. The first-order chi connectivity index (χ1) is 9.76. The van der Waals surface area contributed by atoms with Crippen LogP contribution in [0.1, 0.15) is 11.1 Å². The van der Waals surface area contributed by atoms with Gasteiger partial charge in [0.25, 0.3) is 0 Å². The summed E-state index contributed by atoms with van der Waals surface area (Å²) in [5, 5.41) is 3.30. The van der Waals surface area contributed by atoms with Crippen LogP contribution in [0.2, 0.25) is 0 Å². The van der Waals surface area contributed by atoms with Gasteiger partial charge in [-0.1, -0.05) is 24.3 Å². The lowest BCUT2D eigenvalue weighted by atomic mass is 10.1. The first-order valence-electron chi connectivity index (χ1n) is 6.58. The van der Waals surface area contributed by atoms with Crippen molar-refractivity contribution < 1.29 is 4.74 Å². The van der Waals surface area contributed by atoms with Crippen LogP contribution in [-0.4, -0.2) is 17.1 Å². The summed E-state index contributed by atoms with van der Waals surface area (Å²) in [5.41, 5.74) is 4.30. The fraction of sp³-hybridized carbons (Fsp3) is 0.188. The molecular formula is C16H17N3O. The van der Waals surface area contributed by atoms with Crippen molar-refractivity contribution in [1.82, 2.24) is 9.97 Å². The van der Waals surface area contributed by atoms with E-state index < -0.39 is 0 Å². The van der Waals surface area contributed by atoms with Gasteiger partial charge in [-0.3, -0.25) is 0 Å². The molecule has 0 saturated carbocycles. The first-order valence-corrected chi connectivity index (χ1v) is 6.58. The number of imidazole rings is 1. The number of methoxy groups -OCH3 is 1. The Morgan fingerprint density at radius 2 is 2.05 bits per heavy atom. The second kappa shape index (κ2) is 5.25. The van der Waals surface area contributed by atoms with Gasteiger partial charge in [0.1, 0.15) is 5.75 Å². The summed E-state index contributed by atoms with van der Waals surface area (Å²) in [6.07, 6.45) is 0. The molecule has 2 aromatic carbocycles. The zero-order chi connectivity index (χ0) is 13.9. The van der Waals surface area contributed by atoms with E-state index in [4.69, 9.17) is 4.74 Å². The molecule has 0 bridgehead atoms. The number of H-pyrrole nitrogens is 1. The van der Waals surface area contributed by atoms with E-state index in [1.807, 2.05) is 30.3 Å². The number of hydrogen-bond acceptors (Lipinski definition) is 3. The van der Waals surface area contributed by atoms with Gasteiger partial charge in [-0.25, -0.2) is 4.98 Å². The number of nitrogens with zero attached hydrogens (tertiary/aromatic N) is 1. The molecule has 0 aliphatic carbocycles. The van der Waals surface area contributed by atoms with Crippen molar-refractivity contribution in [3.63, 3.8) is 0 Å². The highest BCUT2D eigenvalue weighted by Gasteiger charge is 2.05. The Hall–Kier alpha value is -2.49. The first kappa shape index (κ1) is 12.5. The Balaban J connectivity index is 1.79. The van der Waals surface area contributed by atoms with Crippen LogP contribution in [0.5, 0.6) is 5.75 Å². The molecule has 0 unspecified atom stereocenters. The molecule has 0 amide bonds. The number of rotatable bonds is 4. The maximum atomic E-state index is 5.40. The fourth-order valence-corrected chi connectivity index (χ4v) is 2.21. The minimum absolute atomic E-state index is 0.670. The molecule has 20 heavy (non-hydrogen) atoms. The average Bonchev–Trinajstić information content (AvgIpc) is 2.88. The third-order valence-corrected chi connectivity index (χ3v) is 3.28. The molecule has 4 heteroatoms. The summed E-state index contributed by atoms with van der Waals surface area (Å²) in [4.78, 5) is 7.74. The molecule has 1 aromatic heterocycles. The molecule has 0 spiro atoms. The average molecular weight is 267 g/mol. The van der Waals surface area contributed by atoms with E-state index in [0.29, 0.717) is 6.54 Å². The highest BCUT2D eigenvalue weighted by atomic mass is 16.5. The largest absolute Gasteiger partial charge is 0.496 e. The molecule has 0 radical (unpaired) electrons. The third-order valence-electron chi connectivity index (χ3n) is 3.28. The minimum atomic E-state index is 0.670. The lowest BCUT2D eigenvalue weighted by Gasteiger charge is -2.09. The molecule has 2 N–H and O–H groups in total. The number of benzene rings is 2. The number of hydrogen-bond donors (Lipinski definition) is 2. The Morgan fingerprint density at radius 1 is 1.20 bits per heavy atom. The van der Waals surface area contributed by atoms with Crippen molar-refractivity contribution in [3.05, 3.63) is 53.6 Å². The summed E-state index contributed by atoms with van der Waals surface area (Å²) in [5.74, 6) is 1.67. The van der Waals surface area contributed by atoms with Crippen LogP contribution in [0.4, 0.5) is 5.95 Å².